The van der Waals surface area contributed by atoms with Crippen molar-refractivity contribution >= 4 is 22.5 Å². The Kier molecular flexibility index (Phi) is 1.94. The smallest absolute Gasteiger partial charge is 0.147 e. The molecule has 0 fully saturated rings. The van der Waals surface area contributed by atoms with Gasteiger partial charge in [-0.2, -0.15) is 0 Å². The van der Waals surface area contributed by atoms with Crippen molar-refractivity contribution < 1.29 is 4.74 Å². The fourth-order valence-corrected chi connectivity index (χ4v) is 2.57. The molecule has 3 nitrogen and oxygen atoms in total. The summed E-state index contributed by atoms with van der Waals surface area (Å²) in [6.07, 6.45) is 0. The quantitative estimate of drug-likeness (QED) is 0.622. The number of fused-ring (bicyclic) bond motifs is 5. The van der Waals surface area contributed by atoms with Crippen LogP contribution in [0.25, 0.3) is 22.3 Å². The number of benzene rings is 1. The number of H-pyrrole nitrogens is 1. The van der Waals surface area contributed by atoms with E-state index in [0.29, 0.717) is 11.8 Å². The maximum absolute atomic E-state index is 5.96. The third-order valence-corrected chi connectivity index (χ3v) is 3.46. The molecule has 0 bridgehead atoms. The molecule has 2 aromatic heterocycles. The van der Waals surface area contributed by atoms with Gasteiger partial charge in [-0.05, 0) is 18.2 Å². The summed E-state index contributed by atoms with van der Waals surface area (Å²) in [5.41, 5.74) is 4.05. The molecule has 4 heteroatoms. The maximum Gasteiger partial charge on any atom is 0.147 e. The van der Waals surface area contributed by atoms with E-state index >= 15 is 0 Å². The number of ether oxygens (including phenoxy) is 1. The SMILES string of the molecule is Clc1ccc2c(n1)-c1[nH]c3ccccc3c1CO2. The Hall–Kier alpha value is -2.00. The van der Waals surface area contributed by atoms with Gasteiger partial charge in [0.05, 0.1) is 5.69 Å². The van der Waals surface area contributed by atoms with Gasteiger partial charge in [-0.3, -0.25) is 0 Å². The monoisotopic (exact) mass is 256 g/mol. The lowest BCUT2D eigenvalue weighted by Crippen LogP contribution is -2.05. The van der Waals surface area contributed by atoms with E-state index in [1.807, 2.05) is 18.2 Å². The van der Waals surface area contributed by atoms with E-state index < -0.39 is 0 Å². The highest BCUT2D eigenvalue weighted by Crippen LogP contribution is 2.39. The van der Waals surface area contributed by atoms with Crippen LogP contribution in [0.2, 0.25) is 5.15 Å². The van der Waals surface area contributed by atoms with Crippen molar-refractivity contribution in [3.63, 3.8) is 0 Å². The molecule has 3 aromatic rings. The summed E-state index contributed by atoms with van der Waals surface area (Å²) in [5, 5.41) is 1.66. The third kappa shape index (κ3) is 1.28. The van der Waals surface area contributed by atoms with Crippen molar-refractivity contribution in [1.82, 2.24) is 9.97 Å². The minimum absolute atomic E-state index is 0.476. The average Bonchev–Trinajstić information content (AvgIpc) is 2.78. The number of para-hydroxylation sites is 1. The molecule has 1 aliphatic rings. The lowest BCUT2D eigenvalue weighted by atomic mass is 10.1. The molecule has 0 radical (unpaired) electrons. The molecule has 1 aromatic carbocycles. The molecule has 0 saturated heterocycles. The van der Waals surface area contributed by atoms with E-state index in [4.69, 9.17) is 16.3 Å². The van der Waals surface area contributed by atoms with Gasteiger partial charge in [0.25, 0.3) is 0 Å². The van der Waals surface area contributed by atoms with E-state index in [2.05, 4.69) is 22.1 Å². The van der Waals surface area contributed by atoms with Crippen LogP contribution in [-0.2, 0) is 6.61 Å². The van der Waals surface area contributed by atoms with E-state index in [1.165, 1.54) is 5.39 Å². The van der Waals surface area contributed by atoms with Crippen LogP contribution in [0.15, 0.2) is 36.4 Å². The summed E-state index contributed by atoms with van der Waals surface area (Å²) in [5.74, 6) is 0.776. The van der Waals surface area contributed by atoms with Crippen LogP contribution < -0.4 is 4.74 Å². The second-order valence-electron chi connectivity index (χ2n) is 4.29. The van der Waals surface area contributed by atoms with Crippen LogP contribution >= 0.6 is 11.6 Å². The Morgan fingerprint density at radius 1 is 1.17 bits per heavy atom. The standard InChI is InChI=1S/C14H9ClN2O/c15-12-6-5-11-14(17-12)13-9(7-18-11)8-3-1-2-4-10(8)16-13/h1-6,16H,7H2. The minimum atomic E-state index is 0.476. The predicted octanol–water partition coefficient (Wildman–Crippen LogP) is 3.78. The first-order valence-corrected chi connectivity index (χ1v) is 6.10. The zero-order chi connectivity index (χ0) is 12.1. The lowest BCUT2D eigenvalue weighted by molar-refractivity contribution is 0.302. The molecule has 1 N–H and O–H groups in total. The second-order valence-corrected chi connectivity index (χ2v) is 4.68. The number of nitrogens with zero attached hydrogens (tertiary/aromatic N) is 1. The molecule has 0 atom stereocenters. The van der Waals surface area contributed by atoms with Crippen molar-refractivity contribution in [2.24, 2.45) is 0 Å². The molecule has 0 saturated carbocycles. The summed E-state index contributed by atoms with van der Waals surface area (Å²) in [6.45, 7) is 0.565. The first-order valence-electron chi connectivity index (χ1n) is 5.72. The molecular weight excluding hydrogens is 248 g/mol. The van der Waals surface area contributed by atoms with E-state index in [-0.39, 0.29) is 0 Å². The molecule has 0 spiro atoms. The molecule has 1 aliphatic heterocycles. The van der Waals surface area contributed by atoms with Gasteiger partial charge in [0, 0.05) is 16.5 Å². The molecule has 3 heterocycles. The van der Waals surface area contributed by atoms with Crippen molar-refractivity contribution in [3.05, 3.63) is 47.1 Å². The van der Waals surface area contributed by atoms with Gasteiger partial charge in [0.1, 0.15) is 23.2 Å². The zero-order valence-corrected chi connectivity index (χ0v) is 10.2. The molecule has 88 valence electrons. The minimum Gasteiger partial charge on any atom is -0.486 e. The highest BCUT2D eigenvalue weighted by Gasteiger charge is 2.22. The number of pyridine rings is 1. The molecule has 0 aliphatic carbocycles. The van der Waals surface area contributed by atoms with Gasteiger partial charge < -0.3 is 9.72 Å². The van der Waals surface area contributed by atoms with Crippen LogP contribution in [0.1, 0.15) is 5.56 Å². The first-order chi connectivity index (χ1) is 8.83. The van der Waals surface area contributed by atoms with Crippen LogP contribution in [0, 0.1) is 0 Å². The second kappa shape index (κ2) is 3.50. The summed E-state index contributed by atoms with van der Waals surface area (Å²) < 4.78 is 5.73. The number of hydrogen-bond acceptors (Lipinski definition) is 2. The van der Waals surface area contributed by atoms with Gasteiger partial charge in [0.15, 0.2) is 0 Å². The number of hydrogen-bond donors (Lipinski definition) is 1. The Balaban J connectivity index is 2.08. The number of aromatic amines is 1. The van der Waals surface area contributed by atoms with Crippen molar-refractivity contribution in [1.29, 1.82) is 0 Å². The Morgan fingerprint density at radius 2 is 2.06 bits per heavy atom. The normalized spacial score (nSPS) is 12.9. The van der Waals surface area contributed by atoms with Crippen LogP contribution in [0.4, 0.5) is 0 Å². The first kappa shape index (κ1) is 9.97. The number of halogens is 1. The van der Waals surface area contributed by atoms with E-state index in [0.717, 1.165) is 28.2 Å². The largest absolute Gasteiger partial charge is 0.486 e. The van der Waals surface area contributed by atoms with Crippen molar-refractivity contribution in [3.8, 4) is 17.1 Å². The van der Waals surface area contributed by atoms with Gasteiger partial charge in [-0.15, -0.1) is 0 Å². The Labute approximate surface area is 108 Å². The Morgan fingerprint density at radius 3 is 3.00 bits per heavy atom. The van der Waals surface area contributed by atoms with Gasteiger partial charge in [0.2, 0.25) is 0 Å². The topological polar surface area (TPSA) is 37.9 Å². The summed E-state index contributed by atoms with van der Waals surface area (Å²) in [6, 6.07) is 11.8. The lowest BCUT2D eigenvalue weighted by Gasteiger charge is -2.16. The molecule has 0 unspecified atom stereocenters. The number of rotatable bonds is 0. The van der Waals surface area contributed by atoms with Gasteiger partial charge in [-0.25, -0.2) is 4.98 Å². The fourth-order valence-electron chi connectivity index (χ4n) is 2.42. The molecular formula is C14H9ClN2O. The summed E-state index contributed by atoms with van der Waals surface area (Å²) in [7, 11) is 0. The highest BCUT2D eigenvalue weighted by molar-refractivity contribution is 6.29. The van der Waals surface area contributed by atoms with Crippen molar-refractivity contribution in [2.75, 3.05) is 0 Å². The summed E-state index contributed by atoms with van der Waals surface area (Å²) >= 11 is 5.96. The van der Waals surface area contributed by atoms with Crippen molar-refractivity contribution in [2.45, 2.75) is 6.61 Å². The molecule has 4 rings (SSSR count). The Bertz CT molecular complexity index is 764. The zero-order valence-electron chi connectivity index (χ0n) is 9.40. The third-order valence-electron chi connectivity index (χ3n) is 3.25. The predicted molar refractivity (Wildman–Crippen MR) is 70.9 cm³/mol. The average molecular weight is 257 g/mol. The van der Waals surface area contributed by atoms with Crippen LogP contribution in [-0.4, -0.2) is 9.97 Å². The number of aromatic nitrogens is 2. The van der Waals surface area contributed by atoms with Gasteiger partial charge >= 0.3 is 0 Å². The number of nitrogens with one attached hydrogen (secondary N) is 1. The van der Waals surface area contributed by atoms with Gasteiger partial charge in [-0.1, -0.05) is 29.8 Å². The van der Waals surface area contributed by atoms with Crippen LogP contribution in [0.3, 0.4) is 0 Å². The molecule has 18 heavy (non-hydrogen) atoms. The summed E-state index contributed by atoms with van der Waals surface area (Å²) in [4.78, 5) is 7.76. The van der Waals surface area contributed by atoms with E-state index in [9.17, 15) is 0 Å². The maximum atomic E-state index is 5.96. The fraction of sp³-hybridized carbons (Fsp3) is 0.0714. The molecule has 0 amide bonds. The van der Waals surface area contributed by atoms with E-state index in [1.54, 1.807) is 6.07 Å². The van der Waals surface area contributed by atoms with Crippen LogP contribution in [0.5, 0.6) is 5.75 Å². The highest BCUT2D eigenvalue weighted by atomic mass is 35.5.